The normalized spacial score (nSPS) is 27.4. The average Bonchev–Trinajstić information content (AvgIpc) is 3.01. The van der Waals surface area contributed by atoms with Crippen LogP contribution in [0.1, 0.15) is 30.2 Å². The molecule has 0 radical (unpaired) electrons. The highest BCUT2D eigenvalue weighted by Gasteiger charge is 2.52. The predicted molar refractivity (Wildman–Crippen MR) is 102 cm³/mol. The van der Waals surface area contributed by atoms with Gasteiger partial charge in [0.05, 0.1) is 24.4 Å². The monoisotopic (exact) mass is 418 g/mol. The van der Waals surface area contributed by atoms with E-state index >= 15 is 0 Å². The number of fused-ring (bicyclic) bond motifs is 1. The summed E-state index contributed by atoms with van der Waals surface area (Å²) in [5.41, 5.74) is -0.842. The van der Waals surface area contributed by atoms with Crippen LogP contribution < -0.4 is 16.6 Å². The maximum absolute atomic E-state index is 12.4. The Bertz CT molecular complexity index is 1060. The van der Waals surface area contributed by atoms with Crippen LogP contribution in [-0.4, -0.2) is 62.8 Å². The molecule has 4 heterocycles. The highest BCUT2D eigenvalue weighted by Crippen LogP contribution is 2.39. The molecule has 2 aromatic rings. The van der Waals surface area contributed by atoms with Crippen molar-refractivity contribution in [2.24, 2.45) is 0 Å². The summed E-state index contributed by atoms with van der Waals surface area (Å²) in [4.78, 5) is 42.0. The van der Waals surface area contributed by atoms with Gasteiger partial charge in [-0.2, -0.15) is 0 Å². The fourth-order valence-electron chi connectivity index (χ4n) is 3.76. The van der Waals surface area contributed by atoms with E-state index in [9.17, 15) is 19.5 Å². The summed E-state index contributed by atoms with van der Waals surface area (Å²) in [7, 11) is 0. The van der Waals surface area contributed by atoms with E-state index in [1.807, 2.05) is 0 Å². The summed E-state index contributed by atoms with van der Waals surface area (Å²) in [6, 6.07) is 2.06. The van der Waals surface area contributed by atoms with Crippen LogP contribution in [0.5, 0.6) is 5.75 Å². The van der Waals surface area contributed by atoms with Gasteiger partial charge in [0.2, 0.25) is 0 Å². The summed E-state index contributed by atoms with van der Waals surface area (Å²) in [5, 5.41) is 12.2. The highest BCUT2D eigenvalue weighted by molar-refractivity contribution is 5.94. The van der Waals surface area contributed by atoms with Gasteiger partial charge in [0.15, 0.2) is 5.79 Å². The molecule has 4 atom stereocenters. The third kappa shape index (κ3) is 3.99. The lowest BCUT2D eigenvalue weighted by Crippen LogP contribution is -2.54. The SMILES string of the molecule is CC1(C)O[C@@H]2[C@H](O1)[C@@H](CNC(=O)c1cncc(O)c1)OC[C@H]2n1ccc(=O)[nH]c1=O. The molecule has 0 unspecified atom stereocenters. The number of ether oxygens (including phenoxy) is 3. The minimum atomic E-state index is -0.912. The van der Waals surface area contributed by atoms with Crippen molar-refractivity contribution in [3.05, 3.63) is 57.1 Å². The Kier molecular flexibility index (Phi) is 5.18. The molecule has 0 bridgehead atoms. The Hall–Kier alpha value is -3.02. The molecule has 0 saturated carbocycles. The largest absolute Gasteiger partial charge is 0.506 e. The molecule has 160 valence electrons. The number of hydrogen-bond donors (Lipinski definition) is 3. The Balaban J connectivity index is 1.51. The van der Waals surface area contributed by atoms with E-state index in [2.05, 4.69) is 15.3 Å². The van der Waals surface area contributed by atoms with Gasteiger partial charge in [-0.15, -0.1) is 0 Å². The summed E-state index contributed by atoms with van der Waals surface area (Å²) in [6.45, 7) is 3.77. The van der Waals surface area contributed by atoms with Crippen molar-refractivity contribution in [2.75, 3.05) is 13.2 Å². The summed E-state index contributed by atoms with van der Waals surface area (Å²) < 4.78 is 19.3. The van der Waals surface area contributed by atoms with Crippen molar-refractivity contribution in [1.29, 1.82) is 0 Å². The molecule has 0 aromatic carbocycles. The fourth-order valence-corrected chi connectivity index (χ4v) is 3.76. The van der Waals surface area contributed by atoms with E-state index in [0.29, 0.717) is 0 Å². The molecule has 2 saturated heterocycles. The number of nitrogens with one attached hydrogen (secondary N) is 2. The second-order valence-corrected chi connectivity index (χ2v) is 7.66. The number of nitrogens with zero attached hydrogens (tertiary/aromatic N) is 2. The number of rotatable bonds is 4. The molecule has 2 aliphatic heterocycles. The second kappa shape index (κ2) is 7.67. The van der Waals surface area contributed by atoms with E-state index < -0.39 is 47.3 Å². The molecule has 2 fully saturated rings. The molecular weight excluding hydrogens is 396 g/mol. The lowest BCUT2D eigenvalue weighted by Gasteiger charge is -2.37. The first-order chi connectivity index (χ1) is 14.2. The average molecular weight is 418 g/mol. The molecule has 30 heavy (non-hydrogen) atoms. The van der Waals surface area contributed by atoms with Crippen LogP contribution in [0.2, 0.25) is 0 Å². The van der Waals surface area contributed by atoms with Crippen LogP contribution in [0.25, 0.3) is 0 Å². The maximum atomic E-state index is 12.4. The van der Waals surface area contributed by atoms with Gasteiger partial charge in [-0.05, 0) is 19.9 Å². The second-order valence-electron chi connectivity index (χ2n) is 7.66. The van der Waals surface area contributed by atoms with Crippen LogP contribution in [0.4, 0.5) is 0 Å². The van der Waals surface area contributed by atoms with E-state index in [0.717, 1.165) is 0 Å². The number of carbonyl (C=O) groups is 1. The van der Waals surface area contributed by atoms with Gasteiger partial charge in [0.25, 0.3) is 11.5 Å². The number of hydrogen-bond acceptors (Lipinski definition) is 8. The standard InChI is InChI=1S/C19H22N4O7/c1-19(2)29-15-12(23-4-3-14(25)22-18(23)27)9-28-13(16(15)30-19)8-21-17(26)10-5-11(24)7-20-6-10/h3-7,12-13,15-16,24H,8-9H2,1-2H3,(H,21,26)(H,22,25,27)/t12-,13-,15+,16-/m1/s1. The highest BCUT2D eigenvalue weighted by atomic mass is 16.8. The van der Waals surface area contributed by atoms with Gasteiger partial charge < -0.3 is 24.6 Å². The van der Waals surface area contributed by atoms with E-state index in [1.54, 1.807) is 13.8 Å². The number of H-pyrrole nitrogens is 1. The number of aromatic hydroxyl groups is 1. The number of pyridine rings is 1. The van der Waals surface area contributed by atoms with E-state index in [1.165, 1.54) is 35.3 Å². The van der Waals surface area contributed by atoms with Gasteiger partial charge in [0, 0.05) is 25.0 Å². The van der Waals surface area contributed by atoms with Crippen molar-refractivity contribution in [1.82, 2.24) is 19.9 Å². The van der Waals surface area contributed by atoms with Crippen LogP contribution in [0.3, 0.4) is 0 Å². The molecule has 3 N–H and O–H groups in total. The van der Waals surface area contributed by atoms with Gasteiger partial charge in [-0.3, -0.25) is 24.1 Å². The molecule has 2 aromatic heterocycles. The molecule has 2 aliphatic rings. The zero-order valence-corrected chi connectivity index (χ0v) is 16.4. The minimum absolute atomic E-state index is 0.111. The number of aromatic nitrogens is 3. The lowest BCUT2D eigenvalue weighted by atomic mass is 9.97. The van der Waals surface area contributed by atoms with Crippen molar-refractivity contribution >= 4 is 5.91 Å². The third-order valence-electron chi connectivity index (χ3n) is 5.05. The van der Waals surface area contributed by atoms with Gasteiger partial charge in [-0.25, -0.2) is 4.79 Å². The number of amides is 1. The Morgan fingerprint density at radius 2 is 2.10 bits per heavy atom. The zero-order valence-electron chi connectivity index (χ0n) is 16.4. The molecule has 0 spiro atoms. The first-order valence-electron chi connectivity index (χ1n) is 9.44. The molecule has 11 heteroatoms. The summed E-state index contributed by atoms with van der Waals surface area (Å²) in [5.74, 6) is -1.44. The van der Waals surface area contributed by atoms with Crippen molar-refractivity contribution in [3.63, 3.8) is 0 Å². The lowest BCUT2D eigenvalue weighted by molar-refractivity contribution is -0.153. The smallest absolute Gasteiger partial charge is 0.328 e. The maximum Gasteiger partial charge on any atom is 0.328 e. The topological polar surface area (TPSA) is 145 Å². The zero-order chi connectivity index (χ0) is 21.5. The van der Waals surface area contributed by atoms with Gasteiger partial charge in [0.1, 0.15) is 24.1 Å². The molecule has 1 amide bonds. The van der Waals surface area contributed by atoms with Crippen molar-refractivity contribution in [3.8, 4) is 5.75 Å². The summed E-state index contributed by atoms with van der Waals surface area (Å²) in [6.07, 6.45) is 2.37. The quantitative estimate of drug-likeness (QED) is 0.604. The van der Waals surface area contributed by atoms with Crippen LogP contribution >= 0.6 is 0 Å². The van der Waals surface area contributed by atoms with Gasteiger partial charge >= 0.3 is 5.69 Å². The molecule has 0 aliphatic carbocycles. The van der Waals surface area contributed by atoms with Crippen LogP contribution in [-0.2, 0) is 14.2 Å². The molecule has 11 nitrogen and oxygen atoms in total. The van der Waals surface area contributed by atoms with Crippen LogP contribution in [0, 0.1) is 0 Å². The van der Waals surface area contributed by atoms with Crippen LogP contribution in [0.15, 0.2) is 40.3 Å². The first-order valence-corrected chi connectivity index (χ1v) is 9.44. The number of aromatic amines is 1. The third-order valence-corrected chi connectivity index (χ3v) is 5.05. The minimum Gasteiger partial charge on any atom is -0.506 e. The fraction of sp³-hybridized carbons (Fsp3) is 0.474. The Morgan fingerprint density at radius 3 is 2.83 bits per heavy atom. The molecular formula is C19H22N4O7. The molecule has 4 rings (SSSR count). The predicted octanol–water partition coefficient (Wildman–Crippen LogP) is -0.473. The van der Waals surface area contributed by atoms with E-state index in [4.69, 9.17) is 14.2 Å². The van der Waals surface area contributed by atoms with E-state index in [-0.39, 0.29) is 24.5 Å². The van der Waals surface area contributed by atoms with Crippen molar-refractivity contribution in [2.45, 2.75) is 44.0 Å². The Labute approximate surface area is 170 Å². The Morgan fingerprint density at radius 1 is 1.33 bits per heavy atom. The number of carbonyl (C=O) groups excluding carboxylic acids is 1. The first kappa shape index (κ1) is 20.3. The van der Waals surface area contributed by atoms with Gasteiger partial charge in [-0.1, -0.05) is 0 Å². The summed E-state index contributed by atoms with van der Waals surface area (Å²) >= 11 is 0. The van der Waals surface area contributed by atoms with Crippen molar-refractivity contribution < 1.29 is 24.1 Å².